The first-order chi connectivity index (χ1) is 6.70. The molecule has 1 heterocycles. The number of carbonyl (C=O) groups excluding carboxylic acids is 1. The average Bonchev–Trinajstić information content (AvgIpc) is 2.38. The summed E-state index contributed by atoms with van der Waals surface area (Å²) in [5.74, 6) is 1.48. The Hall–Kier alpha value is -0.570. The molecule has 4 atom stereocenters. The van der Waals surface area contributed by atoms with Gasteiger partial charge in [0.25, 0.3) is 0 Å². The van der Waals surface area contributed by atoms with Crippen LogP contribution in [0.4, 0.5) is 0 Å². The Bertz CT molecular complexity index is 278. The van der Waals surface area contributed by atoms with Crippen molar-refractivity contribution >= 4 is 5.91 Å². The van der Waals surface area contributed by atoms with Crippen LogP contribution in [0.3, 0.4) is 0 Å². The van der Waals surface area contributed by atoms with Crippen LogP contribution < -0.4 is 5.32 Å². The van der Waals surface area contributed by atoms with Gasteiger partial charge in [-0.2, -0.15) is 0 Å². The molecule has 1 saturated heterocycles. The molecule has 4 unspecified atom stereocenters. The Balaban J connectivity index is 1.89. The molecule has 14 heavy (non-hydrogen) atoms. The van der Waals surface area contributed by atoms with Crippen LogP contribution >= 0.6 is 0 Å². The van der Waals surface area contributed by atoms with E-state index in [0.29, 0.717) is 12.0 Å². The van der Waals surface area contributed by atoms with Gasteiger partial charge in [0.15, 0.2) is 0 Å². The van der Waals surface area contributed by atoms with E-state index in [0.717, 1.165) is 18.9 Å². The minimum absolute atomic E-state index is 0.0116. The van der Waals surface area contributed by atoms with E-state index in [2.05, 4.69) is 5.32 Å². The number of ether oxygens (including phenoxy) is 1. The van der Waals surface area contributed by atoms with Crippen molar-refractivity contribution in [2.75, 3.05) is 6.61 Å². The third-order valence-electron chi connectivity index (χ3n) is 4.24. The molecule has 3 nitrogen and oxygen atoms in total. The van der Waals surface area contributed by atoms with Crippen molar-refractivity contribution in [2.24, 2.45) is 11.8 Å². The molecule has 3 aliphatic carbocycles. The monoisotopic (exact) mass is 195 g/mol. The fraction of sp³-hybridized carbons (Fsp3) is 0.909. The number of amides is 1. The van der Waals surface area contributed by atoms with E-state index in [-0.39, 0.29) is 11.4 Å². The van der Waals surface area contributed by atoms with Gasteiger partial charge in [0.1, 0.15) is 0 Å². The zero-order chi connectivity index (χ0) is 9.76. The topological polar surface area (TPSA) is 38.3 Å². The molecule has 0 aromatic carbocycles. The summed E-state index contributed by atoms with van der Waals surface area (Å²) in [6.07, 6.45) is 5.40. The quantitative estimate of drug-likeness (QED) is 0.680. The summed E-state index contributed by atoms with van der Waals surface area (Å²) in [5, 5.41) is 3.15. The number of nitrogens with one attached hydrogen (secondary N) is 1. The number of hydrogen-bond donors (Lipinski definition) is 1. The molecule has 1 aliphatic heterocycles. The van der Waals surface area contributed by atoms with Crippen LogP contribution in [-0.4, -0.2) is 24.2 Å². The van der Waals surface area contributed by atoms with E-state index >= 15 is 0 Å². The summed E-state index contributed by atoms with van der Waals surface area (Å²) in [7, 11) is 0. The first kappa shape index (κ1) is 8.72. The van der Waals surface area contributed by atoms with Crippen molar-refractivity contribution in [1.82, 2.24) is 5.32 Å². The van der Waals surface area contributed by atoms with E-state index < -0.39 is 0 Å². The predicted molar refractivity (Wildman–Crippen MR) is 51.7 cm³/mol. The van der Waals surface area contributed by atoms with Crippen molar-refractivity contribution < 1.29 is 9.53 Å². The van der Waals surface area contributed by atoms with Crippen LogP contribution in [0.5, 0.6) is 0 Å². The molecular weight excluding hydrogens is 178 g/mol. The second kappa shape index (κ2) is 2.72. The van der Waals surface area contributed by atoms with Gasteiger partial charge in [0.2, 0.25) is 5.91 Å². The zero-order valence-electron chi connectivity index (χ0n) is 8.58. The molecule has 0 aromatic heterocycles. The first-order valence-corrected chi connectivity index (χ1v) is 5.60. The molecule has 3 heteroatoms. The normalized spacial score (nSPS) is 49.4. The number of hydrogen-bond acceptors (Lipinski definition) is 2. The van der Waals surface area contributed by atoms with Gasteiger partial charge in [0, 0.05) is 12.8 Å². The van der Waals surface area contributed by atoms with Crippen LogP contribution in [0.15, 0.2) is 0 Å². The minimum atomic E-state index is 0.0116. The van der Waals surface area contributed by atoms with Gasteiger partial charge in [-0.3, -0.25) is 4.79 Å². The largest absolute Gasteiger partial charge is 0.375 e. The fourth-order valence-corrected chi connectivity index (χ4v) is 3.83. The first-order valence-electron chi connectivity index (χ1n) is 5.60. The van der Waals surface area contributed by atoms with E-state index in [4.69, 9.17) is 4.74 Å². The fourth-order valence-electron chi connectivity index (χ4n) is 3.83. The second-order valence-electron chi connectivity index (χ2n) is 5.18. The summed E-state index contributed by atoms with van der Waals surface area (Å²) in [5.41, 5.74) is 0.0116. The van der Waals surface area contributed by atoms with Crippen LogP contribution in [0.2, 0.25) is 0 Å². The lowest BCUT2D eigenvalue weighted by Gasteiger charge is -2.48. The zero-order valence-corrected chi connectivity index (χ0v) is 8.58. The summed E-state index contributed by atoms with van der Waals surface area (Å²) in [6, 6.07) is 0. The lowest BCUT2D eigenvalue weighted by atomic mass is 9.61. The van der Waals surface area contributed by atoms with Crippen molar-refractivity contribution in [3.63, 3.8) is 0 Å². The van der Waals surface area contributed by atoms with Crippen molar-refractivity contribution in [3.8, 4) is 0 Å². The van der Waals surface area contributed by atoms with Gasteiger partial charge in [-0.25, -0.2) is 0 Å². The summed E-state index contributed by atoms with van der Waals surface area (Å²) in [4.78, 5) is 11.2. The number of rotatable bonds is 1. The Labute approximate surface area is 84.2 Å². The van der Waals surface area contributed by atoms with Crippen molar-refractivity contribution in [1.29, 1.82) is 0 Å². The highest BCUT2D eigenvalue weighted by molar-refractivity contribution is 5.74. The molecule has 1 amide bonds. The lowest BCUT2D eigenvalue weighted by molar-refractivity contribution is -0.122. The second-order valence-corrected chi connectivity index (χ2v) is 5.18. The Morgan fingerprint density at radius 1 is 1.50 bits per heavy atom. The highest BCUT2D eigenvalue weighted by atomic mass is 16.5. The van der Waals surface area contributed by atoms with Crippen LogP contribution in [-0.2, 0) is 9.53 Å². The van der Waals surface area contributed by atoms with Crippen LogP contribution in [0.1, 0.15) is 32.6 Å². The van der Waals surface area contributed by atoms with Gasteiger partial charge in [-0.1, -0.05) is 0 Å². The van der Waals surface area contributed by atoms with Gasteiger partial charge in [-0.05, 0) is 31.6 Å². The maximum Gasteiger partial charge on any atom is 0.217 e. The average molecular weight is 195 g/mol. The molecule has 4 fully saturated rings. The predicted octanol–water partition coefficient (Wildman–Crippen LogP) is 1.08. The van der Waals surface area contributed by atoms with Crippen LogP contribution in [0.25, 0.3) is 0 Å². The summed E-state index contributed by atoms with van der Waals surface area (Å²) in [6.45, 7) is 2.36. The highest BCUT2D eigenvalue weighted by Crippen LogP contribution is 2.52. The van der Waals surface area contributed by atoms with Crippen molar-refractivity contribution in [2.45, 2.75) is 44.2 Å². The Kier molecular flexibility index (Phi) is 1.69. The summed E-state index contributed by atoms with van der Waals surface area (Å²) >= 11 is 0. The SMILES string of the molecule is CC(=O)NC12COC3CC(CCC31)C2. The Morgan fingerprint density at radius 2 is 2.36 bits per heavy atom. The molecule has 0 spiro atoms. The molecule has 4 aliphatic rings. The van der Waals surface area contributed by atoms with Gasteiger partial charge in [0.05, 0.1) is 18.2 Å². The molecule has 4 bridgehead atoms. The third-order valence-corrected chi connectivity index (χ3v) is 4.24. The molecule has 1 N–H and O–H groups in total. The standard InChI is InChI=1S/C11H17NO2/c1-7(13)12-11-5-8-2-3-9(11)10(4-8)14-6-11/h8-10H,2-6H2,1H3,(H,12,13). The van der Waals surface area contributed by atoms with E-state index in [1.54, 1.807) is 6.92 Å². The number of fused-ring (bicyclic) bond motifs is 1. The maximum absolute atomic E-state index is 11.2. The lowest BCUT2D eigenvalue weighted by Crippen LogP contribution is -2.59. The molecule has 3 saturated carbocycles. The molecule has 0 aromatic rings. The van der Waals surface area contributed by atoms with Gasteiger partial charge >= 0.3 is 0 Å². The third kappa shape index (κ3) is 1.05. The van der Waals surface area contributed by atoms with Gasteiger partial charge in [-0.15, -0.1) is 0 Å². The number of carbonyl (C=O) groups is 1. The molecular formula is C11H17NO2. The van der Waals surface area contributed by atoms with Crippen LogP contribution in [0, 0.1) is 11.8 Å². The molecule has 0 radical (unpaired) electrons. The van der Waals surface area contributed by atoms with Crippen molar-refractivity contribution in [3.05, 3.63) is 0 Å². The highest BCUT2D eigenvalue weighted by Gasteiger charge is 2.57. The summed E-state index contributed by atoms with van der Waals surface area (Å²) < 4.78 is 5.80. The Morgan fingerprint density at radius 3 is 3.07 bits per heavy atom. The maximum atomic E-state index is 11.2. The molecule has 4 rings (SSSR count). The minimum Gasteiger partial charge on any atom is -0.375 e. The van der Waals surface area contributed by atoms with E-state index in [1.165, 1.54) is 19.3 Å². The van der Waals surface area contributed by atoms with E-state index in [9.17, 15) is 4.79 Å². The van der Waals surface area contributed by atoms with E-state index in [1.807, 2.05) is 0 Å². The smallest absolute Gasteiger partial charge is 0.217 e. The van der Waals surface area contributed by atoms with Gasteiger partial charge < -0.3 is 10.1 Å². The molecule has 78 valence electrons.